The van der Waals surface area contributed by atoms with Crippen LogP contribution in [0.4, 0.5) is 4.79 Å². The van der Waals surface area contributed by atoms with Crippen LogP contribution >= 0.6 is 0 Å². The average molecular weight is 324 g/mol. The molecule has 4 N–H and O–H groups in total. The summed E-state index contributed by atoms with van der Waals surface area (Å²) < 4.78 is 0. The molecule has 5 atom stereocenters. The third kappa shape index (κ3) is 5.68. The van der Waals surface area contributed by atoms with E-state index in [4.69, 9.17) is 0 Å². The Balaban J connectivity index is 1.79. The Morgan fingerprint density at radius 2 is 1.57 bits per heavy atom. The first-order valence-electron chi connectivity index (χ1n) is 8.99. The minimum absolute atomic E-state index is 0.00747. The average Bonchev–Trinajstić information content (AvgIpc) is 2.50. The van der Waals surface area contributed by atoms with Gasteiger partial charge >= 0.3 is 6.03 Å². The normalized spacial score (nSPS) is 34.5. The standard InChI is InChI=1S/C17H32N4O2/c1-11-7-8-15(19-12(2)22)10-16(11)21-17(23)20-14-6-4-5-13(9-14)18-3/h11,13-16,18H,4-10H2,1-3H3,(H,19,22)(H2,20,21,23). The molecule has 3 amide bonds. The van der Waals surface area contributed by atoms with Crippen molar-refractivity contribution in [2.24, 2.45) is 5.92 Å². The summed E-state index contributed by atoms with van der Waals surface area (Å²) in [6.07, 6.45) is 7.24. The second-order valence-corrected chi connectivity index (χ2v) is 7.26. The van der Waals surface area contributed by atoms with E-state index in [1.54, 1.807) is 6.92 Å². The predicted octanol–water partition coefficient (Wildman–Crippen LogP) is 1.51. The van der Waals surface area contributed by atoms with Crippen molar-refractivity contribution in [3.63, 3.8) is 0 Å². The second kappa shape index (κ2) is 8.52. The molecule has 2 saturated carbocycles. The minimum atomic E-state index is -0.0629. The van der Waals surface area contributed by atoms with Crippen LogP contribution in [0.15, 0.2) is 0 Å². The van der Waals surface area contributed by atoms with E-state index in [0.29, 0.717) is 12.0 Å². The number of hydrogen-bond acceptors (Lipinski definition) is 3. The molecule has 6 heteroatoms. The van der Waals surface area contributed by atoms with E-state index in [9.17, 15) is 9.59 Å². The molecule has 2 rings (SSSR count). The quantitative estimate of drug-likeness (QED) is 0.633. The number of nitrogens with one attached hydrogen (secondary N) is 4. The van der Waals surface area contributed by atoms with Crippen LogP contribution in [-0.4, -0.2) is 43.2 Å². The van der Waals surface area contributed by atoms with Crippen LogP contribution in [0.25, 0.3) is 0 Å². The van der Waals surface area contributed by atoms with Gasteiger partial charge in [-0.2, -0.15) is 0 Å². The van der Waals surface area contributed by atoms with Gasteiger partial charge in [0, 0.05) is 31.1 Å². The maximum Gasteiger partial charge on any atom is 0.315 e. The van der Waals surface area contributed by atoms with Gasteiger partial charge < -0.3 is 21.3 Å². The molecule has 0 saturated heterocycles. The Morgan fingerprint density at radius 1 is 0.870 bits per heavy atom. The molecule has 132 valence electrons. The summed E-state index contributed by atoms with van der Waals surface area (Å²) >= 11 is 0. The molecule has 0 spiro atoms. The summed E-state index contributed by atoms with van der Waals surface area (Å²) in [7, 11) is 1.99. The van der Waals surface area contributed by atoms with Crippen molar-refractivity contribution in [1.82, 2.24) is 21.3 Å². The fourth-order valence-electron chi connectivity index (χ4n) is 3.92. The molecule has 5 unspecified atom stereocenters. The van der Waals surface area contributed by atoms with Crippen LogP contribution in [-0.2, 0) is 4.79 Å². The highest BCUT2D eigenvalue weighted by Gasteiger charge is 2.30. The summed E-state index contributed by atoms with van der Waals surface area (Å²) in [5.41, 5.74) is 0. The first-order valence-corrected chi connectivity index (χ1v) is 8.99. The van der Waals surface area contributed by atoms with Crippen molar-refractivity contribution in [2.75, 3.05) is 7.05 Å². The third-order valence-electron chi connectivity index (χ3n) is 5.34. The van der Waals surface area contributed by atoms with Gasteiger partial charge in [0.05, 0.1) is 0 Å². The van der Waals surface area contributed by atoms with E-state index in [2.05, 4.69) is 28.2 Å². The maximum absolute atomic E-state index is 12.3. The molecule has 23 heavy (non-hydrogen) atoms. The fraction of sp³-hybridized carbons (Fsp3) is 0.882. The number of rotatable bonds is 4. The molecule has 0 radical (unpaired) electrons. The SMILES string of the molecule is CNC1CCCC(NC(=O)NC2CC(NC(C)=O)CCC2C)C1. The zero-order chi connectivity index (χ0) is 16.8. The lowest BCUT2D eigenvalue weighted by atomic mass is 9.83. The maximum atomic E-state index is 12.3. The van der Waals surface area contributed by atoms with Crippen LogP contribution in [0.5, 0.6) is 0 Å². The zero-order valence-electron chi connectivity index (χ0n) is 14.7. The number of hydrogen-bond donors (Lipinski definition) is 4. The molecule has 0 bridgehead atoms. The largest absolute Gasteiger partial charge is 0.354 e. The Kier molecular flexibility index (Phi) is 6.69. The molecular weight excluding hydrogens is 292 g/mol. The molecule has 2 fully saturated rings. The monoisotopic (exact) mass is 324 g/mol. The van der Waals surface area contributed by atoms with Crippen molar-refractivity contribution in [3.05, 3.63) is 0 Å². The summed E-state index contributed by atoms with van der Waals surface area (Å²) in [6.45, 7) is 3.72. The summed E-state index contributed by atoms with van der Waals surface area (Å²) in [6, 6.07) is 1.01. The van der Waals surface area contributed by atoms with Gasteiger partial charge in [0.2, 0.25) is 5.91 Å². The molecule has 2 aliphatic carbocycles. The number of carbonyl (C=O) groups is 2. The minimum Gasteiger partial charge on any atom is -0.354 e. The van der Waals surface area contributed by atoms with E-state index in [-0.39, 0.29) is 30.1 Å². The summed E-state index contributed by atoms with van der Waals surface area (Å²) in [4.78, 5) is 23.5. The van der Waals surface area contributed by atoms with E-state index in [1.807, 2.05) is 7.05 Å². The van der Waals surface area contributed by atoms with Crippen molar-refractivity contribution in [2.45, 2.75) is 83.0 Å². The second-order valence-electron chi connectivity index (χ2n) is 7.26. The van der Waals surface area contributed by atoms with Crippen LogP contribution < -0.4 is 21.3 Å². The zero-order valence-corrected chi connectivity index (χ0v) is 14.7. The van der Waals surface area contributed by atoms with Gasteiger partial charge in [-0.15, -0.1) is 0 Å². The third-order valence-corrected chi connectivity index (χ3v) is 5.34. The highest BCUT2D eigenvalue weighted by Crippen LogP contribution is 2.24. The molecule has 0 aromatic rings. The molecule has 0 heterocycles. The first-order chi connectivity index (χ1) is 11.0. The molecule has 0 aromatic carbocycles. The Bertz CT molecular complexity index is 415. The first kappa shape index (κ1) is 18.0. The van der Waals surface area contributed by atoms with Crippen molar-refractivity contribution < 1.29 is 9.59 Å². The van der Waals surface area contributed by atoms with E-state index < -0.39 is 0 Å². The summed E-state index contributed by atoms with van der Waals surface area (Å²) in [5.74, 6) is 0.454. The van der Waals surface area contributed by atoms with Crippen molar-refractivity contribution >= 4 is 11.9 Å². The lowest BCUT2D eigenvalue weighted by Gasteiger charge is -2.36. The van der Waals surface area contributed by atoms with Crippen LogP contribution in [0, 0.1) is 5.92 Å². The van der Waals surface area contributed by atoms with Gasteiger partial charge in [0.1, 0.15) is 0 Å². The topological polar surface area (TPSA) is 82.3 Å². The van der Waals surface area contributed by atoms with E-state index in [0.717, 1.165) is 38.5 Å². The van der Waals surface area contributed by atoms with Crippen LogP contribution in [0.2, 0.25) is 0 Å². The molecular formula is C17H32N4O2. The van der Waals surface area contributed by atoms with E-state index in [1.165, 1.54) is 6.42 Å². The molecule has 0 aliphatic heterocycles. The number of carbonyl (C=O) groups excluding carboxylic acids is 2. The van der Waals surface area contributed by atoms with Crippen molar-refractivity contribution in [3.8, 4) is 0 Å². The predicted molar refractivity (Wildman–Crippen MR) is 91.2 cm³/mol. The van der Waals surface area contributed by atoms with Gasteiger partial charge in [-0.25, -0.2) is 4.79 Å². The van der Waals surface area contributed by atoms with Gasteiger partial charge in [0.25, 0.3) is 0 Å². The van der Waals surface area contributed by atoms with Crippen LogP contribution in [0.1, 0.15) is 58.8 Å². The van der Waals surface area contributed by atoms with Crippen LogP contribution in [0.3, 0.4) is 0 Å². The smallest absolute Gasteiger partial charge is 0.315 e. The van der Waals surface area contributed by atoms with Gasteiger partial charge in [0.15, 0.2) is 0 Å². The molecule has 6 nitrogen and oxygen atoms in total. The lowest BCUT2D eigenvalue weighted by molar-refractivity contribution is -0.119. The van der Waals surface area contributed by atoms with Crippen molar-refractivity contribution in [1.29, 1.82) is 0 Å². The van der Waals surface area contributed by atoms with Gasteiger partial charge in [-0.3, -0.25) is 4.79 Å². The summed E-state index contributed by atoms with van der Waals surface area (Å²) in [5, 5.41) is 12.5. The Labute approximate surface area is 139 Å². The lowest BCUT2D eigenvalue weighted by Crippen LogP contribution is -2.53. The Morgan fingerprint density at radius 3 is 2.26 bits per heavy atom. The number of amides is 3. The highest BCUT2D eigenvalue weighted by molar-refractivity contribution is 5.75. The van der Waals surface area contributed by atoms with Gasteiger partial charge in [-0.1, -0.05) is 6.92 Å². The highest BCUT2D eigenvalue weighted by atomic mass is 16.2. The van der Waals surface area contributed by atoms with Gasteiger partial charge in [-0.05, 0) is 57.9 Å². The fourth-order valence-corrected chi connectivity index (χ4v) is 3.92. The molecule has 0 aromatic heterocycles. The molecule has 2 aliphatic rings. The number of urea groups is 1. The van der Waals surface area contributed by atoms with E-state index >= 15 is 0 Å². The Hall–Kier alpha value is -1.30.